The molecule has 0 spiro atoms. The van der Waals surface area contributed by atoms with Crippen molar-refractivity contribution < 1.29 is 4.99 Å². The summed E-state index contributed by atoms with van der Waals surface area (Å²) in [7, 11) is 0. The normalized spacial score (nSPS) is 11.1. The molecule has 0 atom stereocenters. The maximum absolute atomic E-state index is 5.42. The summed E-state index contributed by atoms with van der Waals surface area (Å²) < 4.78 is 0. The van der Waals surface area contributed by atoms with Crippen molar-refractivity contribution in [2.24, 2.45) is 16.7 Å². The van der Waals surface area contributed by atoms with E-state index in [9.17, 15) is 0 Å². The minimum Gasteiger partial charge on any atom is -0.313 e. The molecular weight excluding hydrogens is 228 g/mol. The van der Waals surface area contributed by atoms with Crippen molar-refractivity contribution in [3.63, 3.8) is 0 Å². The zero-order chi connectivity index (χ0) is 7.82. The largest absolute Gasteiger partial charge is 0.313 e. The quantitative estimate of drug-likeness (QED) is 0.190. The first-order valence-corrected chi connectivity index (χ1v) is 3.64. The van der Waals surface area contributed by atoms with Crippen LogP contribution in [0.2, 0.25) is 0 Å². The highest BCUT2D eigenvalue weighted by Crippen LogP contribution is 1.92. The Labute approximate surface area is 80.6 Å². The summed E-state index contributed by atoms with van der Waals surface area (Å²) in [5, 5.41) is 3.77. The Morgan fingerprint density at radius 1 is 1.73 bits per heavy atom. The van der Waals surface area contributed by atoms with Crippen molar-refractivity contribution in [3.05, 3.63) is 12.7 Å². The van der Waals surface area contributed by atoms with Gasteiger partial charge in [-0.1, -0.05) is 17.8 Å². The summed E-state index contributed by atoms with van der Waals surface area (Å²) in [5.41, 5.74) is 5.42. The Kier molecular flexibility index (Phi) is 11.3. The lowest BCUT2D eigenvalue weighted by Gasteiger charge is -1.87. The zero-order valence-corrected chi connectivity index (χ0v) is 8.52. The number of hydrazone groups is 1. The van der Waals surface area contributed by atoms with Gasteiger partial charge in [-0.2, -0.15) is 0 Å². The van der Waals surface area contributed by atoms with Crippen LogP contribution in [0.5, 0.6) is 0 Å². The van der Waals surface area contributed by atoms with Gasteiger partial charge in [0.15, 0.2) is 0 Å². The number of thioether (sulfide) groups is 1. The van der Waals surface area contributed by atoms with Gasteiger partial charge in [0.2, 0.25) is 6.34 Å². The second kappa shape index (κ2) is 9.51. The highest BCUT2D eigenvalue weighted by atomic mass is 79.9. The lowest BCUT2D eigenvalue weighted by molar-refractivity contribution is -0.301. The lowest BCUT2D eigenvalue weighted by atomic mass is 10.8. The first kappa shape index (κ1) is 13.1. The molecule has 0 aliphatic heterocycles. The van der Waals surface area contributed by atoms with Gasteiger partial charge in [-0.25, -0.2) is 4.99 Å². The summed E-state index contributed by atoms with van der Waals surface area (Å²) in [6, 6.07) is 0. The van der Waals surface area contributed by atoms with Crippen LogP contribution < -0.4 is 16.6 Å². The molecule has 0 aromatic carbocycles. The molecule has 4 nitrogen and oxygen atoms in total. The van der Waals surface area contributed by atoms with Gasteiger partial charge in [-0.15, -0.1) is 23.6 Å². The van der Waals surface area contributed by atoms with E-state index in [1.807, 2.05) is 0 Å². The van der Waals surface area contributed by atoms with E-state index in [4.69, 9.17) is 11.6 Å². The molecule has 0 aliphatic rings. The molecule has 0 bridgehead atoms. The zero-order valence-electron chi connectivity index (χ0n) is 5.99. The van der Waals surface area contributed by atoms with Crippen LogP contribution >= 0.6 is 28.7 Å². The molecule has 0 saturated heterocycles. The first-order valence-electron chi connectivity index (χ1n) is 2.65. The van der Waals surface area contributed by atoms with Crippen LogP contribution in [-0.4, -0.2) is 17.3 Å². The number of rotatable bonds is 3. The summed E-state index contributed by atoms with van der Waals surface area (Å²) in [6.45, 7) is 3.54. The van der Waals surface area contributed by atoms with Gasteiger partial charge in [-0.3, -0.25) is 5.84 Å². The predicted octanol–water partition coefficient (Wildman–Crippen LogP) is -1.22. The Hall–Kier alpha value is -0.490. The second-order valence-corrected chi connectivity index (χ2v) is 2.45. The van der Waals surface area contributed by atoms with E-state index in [0.29, 0.717) is 5.17 Å². The van der Waals surface area contributed by atoms with E-state index in [1.54, 1.807) is 6.08 Å². The van der Waals surface area contributed by atoms with Gasteiger partial charge in [0.05, 0.1) is 0 Å². The number of nitrogens with one attached hydrogen (secondary N) is 1. The number of nitrogens with zero attached hydrogens (tertiary/aromatic N) is 1. The second-order valence-electron chi connectivity index (χ2n) is 1.39. The predicted molar refractivity (Wildman–Crippen MR) is 55.8 cm³/mol. The molecule has 64 valence electrons. The Bertz CT molecular complexity index is 157. The molecule has 0 unspecified atom stereocenters. The highest BCUT2D eigenvalue weighted by Gasteiger charge is 1.91. The average Bonchev–Trinajstić information content (AvgIpc) is 1.97. The molecular formula is C5H12BrN4S+. The molecule has 5 N–H and O–H groups in total. The van der Waals surface area contributed by atoms with E-state index in [-0.39, 0.29) is 17.0 Å². The van der Waals surface area contributed by atoms with Gasteiger partial charge < -0.3 is 5.73 Å². The molecule has 11 heavy (non-hydrogen) atoms. The standard InChI is InChI=1S/C5H10N4S.BrH/c1-2-3-10-5(6)8-4-9-7;/h2,4H,1,3,7H2,(H2,6,8,9);1H/p+1. The van der Waals surface area contributed by atoms with Crippen molar-refractivity contribution in [1.82, 2.24) is 0 Å². The summed E-state index contributed by atoms with van der Waals surface area (Å²) in [4.78, 5) is 2.66. The fourth-order valence-electron chi connectivity index (χ4n) is 0.291. The highest BCUT2D eigenvalue weighted by molar-refractivity contribution is 8.93. The fraction of sp³-hybridized carbons (Fsp3) is 0.200. The van der Waals surface area contributed by atoms with Gasteiger partial charge in [0.25, 0.3) is 5.17 Å². The molecule has 0 saturated carbocycles. The van der Waals surface area contributed by atoms with Crippen LogP contribution in [0.15, 0.2) is 17.8 Å². The van der Waals surface area contributed by atoms with Gasteiger partial charge >= 0.3 is 0 Å². The van der Waals surface area contributed by atoms with Gasteiger partial charge in [-0.05, 0) is 5.10 Å². The van der Waals surface area contributed by atoms with Crippen LogP contribution in [0.25, 0.3) is 0 Å². The molecule has 0 radical (unpaired) electrons. The molecule has 0 aromatic heterocycles. The smallest absolute Gasteiger partial charge is 0.253 e. The molecule has 0 amide bonds. The Morgan fingerprint density at radius 3 is 2.82 bits per heavy atom. The third kappa shape index (κ3) is 9.51. The minimum absolute atomic E-state index is 0. The molecule has 0 fully saturated rings. The van der Waals surface area contributed by atoms with Crippen molar-refractivity contribution in [3.8, 4) is 0 Å². The average molecular weight is 240 g/mol. The van der Waals surface area contributed by atoms with Gasteiger partial charge in [0, 0.05) is 5.75 Å². The van der Waals surface area contributed by atoms with Crippen molar-refractivity contribution in [1.29, 1.82) is 0 Å². The number of amidine groups is 1. The number of hydrogen-bond acceptors (Lipinski definition) is 3. The van der Waals surface area contributed by atoms with Crippen LogP contribution in [0.1, 0.15) is 0 Å². The van der Waals surface area contributed by atoms with Crippen LogP contribution in [0.4, 0.5) is 0 Å². The summed E-state index contributed by atoms with van der Waals surface area (Å²) >= 11 is 1.43. The third-order valence-electron chi connectivity index (χ3n) is 0.638. The summed E-state index contributed by atoms with van der Waals surface area (Å²) in [5.74, 6) is 5.59. The molecule has 0 heterocycles. The SMILES string of the molecule is Br.C=CCSC(N)=[NH+]/C=N/N. The van der Waals surface area contributed by atoms with Crippen LogP contribution in [0, 0.1) is 0 Å². The third-order valence-corrected chi connectivity index (χ3v) is 1.47. The Morgan fingerprint density at radius 2 is 2.36 bits per heavy atom. The maximum atomic E-state index is 5.42. The van der Waals surface area contributed by atoms with Crippen LogP contribution in [0.3, 0.4) is 0 Å². The minimum atomic E-state index is 0. The number of halogens is 1. The van der Waals surface area contributed by atoms with Crippen molar-refractivity contribution >= 4 is 40.2 Å². The van der Waals surface area contributed by atoms with E-state index in [2.05, 4.69) is 16.7 Å². The monoisotopic (exact) mass is 239 g/mol. The molecule has 0 rings (SSSR count). The molecule has 6 heteroatoms. The van der Waals surface area contributed by atoms with E-state index >= 15 is 0 Å². The van der Waals surface area contributed by atoms with Crippen molar-refractivity contribution in [2.45, 2.75) is 0 Å². The molecule has 0 aromatic rings. The fourth-order valence-corrected chi connectivity index (χ4v) is 0.725. The topological polar surface area (TPSA) is 78.4 Å². The summed E-state index contributed by atoms with van der Waals surface area (Å²) in [6.07, 6.45) is 3.09. The van der Waals surface area contributed by atoms with Crippen LogP contribution in [-0.2, 0) is 0 Å². The Balaban J connectivity index is 0. The van der Waals surface area contributed by atoms with E-state index in [1.165, 1.54) is 18.1 Å². The lowest BCUT2D eigenvalue weighted by Crippen LogP contribution is -2.73. The van der Waals surface area contributed by atoms with Crippen molar-refractivity contribution in [2.75, 3.05) is 5.75 Å². The van der Waals surface area contributed by atoms with E-state index < -0.39 is 0 Å². The number of hydrogen-bond donors (Lipinski definition) is 3. The van der Waals surface area contributed by atoms with Gasteiger partial charge in [0.1, 0.15) is 0 Å². The van der Waals surface area contributed by atoms with E-state index in [0.717, 1.165) is 5.75 Å². The molecule has 0 aliphatic carbocycles. The first-order chi connectivity index (χ1) is 4.81. The number of nitrogens with two attached hydrogens (primary N) is 2. The maximum Gasteiger partial charge on any atom is 0.253 e.